The summed E-state index contributed by atoms with van der Waals surface area (Å²) in [7, 11) is 0. The van der Waals surface area contributed by atoms with Crippen molar-refractivity contribution in [1.82, 2.24) is 5.32 Å². The fourth-order valence-electron chi connectivity index (χ4n) is 2.32. The van der Waals surface area contributed by atoms with Gasteiger partial charge in [-0.1, -0.05) is 55.8 Å². The summed E-state index contributed by atoms with van der Waals surface area (Å²) in [6.07, 6.45) is 3.63. The molecule has 1 N–H and O–H groups in total. The van der Waals surface area contributed by atoms with Crippen molar-refractivity contribution in [2.24, 2.45) is 0 Å². The van der Waals surface area contributed by atoms with E-state index < -0.39 is 0 Å². The zero-order valence-corrected chi connectivity index (χ0v) is 11.4. The predicted molar refractivity (Wildman–Crippen MR) is 80.0 cm³/mol. The molecule has 2 rings (SSSR count). The first-order chi connectivity index (χ1) is 8.79. The molecule has 2 aromatic rings. The summed E-state index contributed by atoms with van der Waals surface area (Å²) in [5.41, 5.74) is 1.42. The molecule has 1 heteroatoms. The number of fused-ring (bicyclic) bond motifs is 1. The second-order valence-electron chi connectivity index (χ2n) is 5.09. The van der Waals surface area contributed by atoms with Crippen molar-refractivity contribution < 1.29 is 0 Å². The molecule has 1 nitrogen and oxygen atoms in total. The second kappa shape index (κ2) is 6.55. The fraction of sp³-hybridized carbons (Fsp3) is 0.412. The Bertz CT molecular complexity index is 490. The van der Waals surface area contributed by atoms with Crippen LogP contribution >= 0.6 is 0 Å². The lowest BCUT2D eigenvalue weighted by Crippen LogP contribution is -2.28. The highest BCUT2D eigenvalue weighted by atomic mass is 14.9. The van der Waals surface area contributed by atoms with Gasteiger partial charge >= 0.3 is 0 Å². The molecule has 1 atom stereocenters. The number of unbranched alkanes of at least 4 members (excludes halogenated alkanes) is 1. The zero-order valence-electron chi connectivity index (χ0n) is 11.4. The van der Waals surface area contributed by atoms with Crippen molar-refractivity contribution in [3.8, 4) is 0 Å². The van der Waals surface area contributed by atoms with Crippen molar-refractivity contribution in [2.75, 3.05) is 6.54 Å². The summed E-state index contributed by atoms with van der Waals surface area (Å²) in [6, 6.07) is 15.9. The number of hydrogen-bond acceptors (Lipinski definition) is 1. The van der Waals surface area contributed by atoms with Crippen LogP contribution in [-0.4, -0.2) is 12.6 Å². The van der Waals surface area contributed by atoms with E-state index in [9.17, 15) is 0 Å². The third-order valence-electron chi connectivity index (χ3n) is 3.38. The lowest BCUT2D eigenvalue weighted by Gasteiger charge is -2.14. The normalized spacial score (nSPS) is 12.8. The standard InChI is InChI=1S/C17H23N/c1-3-4-11-18-14(2)12-15-9-10-16-7-5-6-8-17(16)13-15/h5-10,13-14,18H,3-4,11-12H2,1-2H3. The first kappa shape index (κ1) is 13.1. The van der Waals surface area contributed by atoms with Crippen LogP contribution in [0.5, 0.6) is 0 Å². The Labute approximate surface area is 110 Å². The van der Waals surface area contributed by atoms with E-state index in [2.05, 4.69) is 61.6 Å². The maximum Gasteiger partial charge on any atom is 0.00791 e. The van der Waals surface area contributed by atoms with Crippen LogP contribution < -0.4 is 5.32 Å². The van der Waals surface area contributed by atoms with Gasteiger partial charge in [0.15, 0.2) is 0 Å². The summed E-state index contributed by atoms with van der Waals surface area (Å²) >= 11 is 0. The highest BCUT2D eigenvalue weighted by molar-refractivity contribution is 5.82. The van der Waals surface area contributed by atoms with Crippen molar-refractivity contribution in [3.63, 3.8) is 0 Å². The first-order valence-corrected chi connectivity index (χ1v) is 7.00. The van der Waals surface area contributed by atoms with Crippen LogP contribution in [0.15, 0.2) is 42.5 Å². The lowest BCUT2D eigenvalue weighted by molar-refractivity contribution is 0.531. The maximum atomic E-state index is 3.58. The molecular formula is C17H23N. The van der Waals surface area contributed by atoms with E-state index in [1.165, 1.54) is 29.2 Å². The minimum atomic E-state index is 0.553. The van der Waals surface area contributed by atoms with Gasteiger partial charge in [-0.2, -0.15) is 0 Å². The fourth-order valence-corrected chi connectivity index (χ4v) is 2.32. The topological polar surface area (TPSA) is 12.0 Å². The molecule has 0 heterocycles. The van der Waals surface area contributed by atoms with E-state index in [0.29, 0.717) is 6.04 Å². The third kappa shape index (κ3) is 3.58. The van der Waals surface area contributed by atoms with Gasteiger partial charge < -0.3 is 5.32 Å². The van der Waals surface area contributed by atoms with Crippen LogP contribution in [0.4, 0.5) is 0 Å². The molecule has 0 spiro atoms. The molecule has 0 radical (unpaired) electrons. The summed E-state index contributed by atoms with van der Waals surface area (Å²) < 4.78 is 0. The molecule has 2 aromatic carbocycles. The van der Waals surface area contributed by atoms with Gasteiger partial charge in [0.1, 0.15) is 0 Å². The molecule has 18 heavy (non-hydrogen) atoms. The smallest absolute Gasteiger partial charge is 0.00791 e. The molecule has 0 bridgehead atoms. The molecule has 0 fully saturated rings. The molecule has 96 valence electrons. The highest BCUT2D eigenvalue weighted by Gasteiger charge is 2.03. The van der Waals surface area contributed by atoms with Crippen molar-refractivity contribution in [1.29, 1.82) is 0 Å². The van der Waals surface area contributed by atoms with Crippen molar-refractivity contribution in [2.45, 2.75) is 39.2 Å². The molecule has 0 saturated heterocycles. The Morgan fingerprint density at radius 1 is 1.06 bits per heavy atom. The summed E-state index contributed by atoms with van der Waals surface area (Å²) in [5.74, 6) is 0. The maximum absolute atomic E-state index is 3.58. The van der Waals surface area contributed by atoms with Crippen LogP contribution in [0.1, 0.15) is 32.3 Å². The van der Waals surface area contributed by atoms with Crippen molar-refractivity contribution in [3.05, 3.63) is 48.0 Å². The van der Waals surface area contributed by atoms with Gasteiger partial charge in [0.2, 0.25) is 0 Å². The average molecular weight is 241 g/mol. The highest BCUT2D eigenvalue weighted by Crippen LogP contribution is 2.16. The average Bonchev–Trinajstić information content (AvgIpc) is 2.39. The summed E-state index contributed by atoms with van der Waals surface area (Å²) in [5, 5.41) is 6.25. The van der Waals surface area contributed by atoms with E-state index in [-0.39, 0.29) is 0 Å². The molecule has 0 aromatic heterocycles. The predicted octanol–water partition coefficient (Wildman–Crippen LogP) is 4.16. The van der Waals surface area contributed by atoms with Crippen molar-refractivity contribution >= 4 is 10.8 Å². The summed E-state index contributed by atoms with van der Waals surface area (Å²) in [6.45, 7) is 5.63. The van der Waals surface area contributed by atoms with E-state index >= 15 is 0 Å². The van der Waals surface area contributed by atoms with Gasteiger partial charge in [-0.25, -0.2) is 0 Å². The minimum Gasteiger partial charge on any atom is -0.314 e. The van der Waals surface area contributed by atoms with Gasteiger partial charge in [-0.3, -0.25) is 0 Å². The van der Waals surface area contributed by atoms with Gasteiger partial charge in [0, 0.05) is 6.04 Å². The lowest BCUT2D eigenvalue weighted by atomic mass is 10.0. The molecule has 0 saturated carbocycles. The van der Waals surface area contributed by atoms with E-state index in [1.807, 2.05) is 0 Å². The van der Waals surface area contributed by atoms with Gasteiger partial charge in [0.05, 0.1) is 0 Å². The van der Waals surface area contributed by atoms with Crippen LogP contribution in [0, 0.1) is 0 Å². The van der Waals surface area contributed by atoms with Crippen LogP contribution in [0.25, 0.3) is 10.8 Å². The Balaban J connectivity index is 1.98. The molecule has 0 aliphatic carbocycles. The van der Waals surface area contributed by atoms with E-state index in [0.717, 1.165) is 13.0 Å². The molecule has 0 amide bonds. The van der Waals surface area contributed by atoms with Crippen LogP contribution in [0.3, 0.4) is 0 Å². The third-order valence-corrected chi connectivity index (χ3v) is 3.38. The number of benzene rings is 2. The van der Waals surface area contributed by atoms with Gasteiger partial charge in [-0.05, 0) is 42.6 Å². The molecule has 1 unspecified atom stereocenters. The Hall–Kier alpha value is -1.34. The second-order valence-corrected chi connectivity index (χ2v) is 5.09. The largest absolute Gasteiger partial charge is 0.314 e. The Morgan fingerprint density at radius 2 is 1.83 bits per heavy atom. The zero-order chi connectivity index (χ0) is 12.8. The van der Waals surface area contributed by atoms with Crippen LogP contribution in [0.2, 0.25) is 0 Å². The van der Waals surface area contributed by atoms with Gasteiger partial charge in [-0.15, -0.1) is 0 Å². The Morgan fingerprint density at radius 3 is 2.61 bits per heavy atom. The number of rotatable bonds is 6. The number of nitrogens with one attached hydrogen (secondary N) is 1. The van der Waals surface area contributed by atoms with E-state index in [4.69, 9.17) is 0 Å². The summed E-state index contributed by atoms with van der Waals surface area (Å²) in [4.78, 5) is 0. The number of hydrogen-bond donors (Lipinski definition) is 1. The quantitative estimate of drug-likeness (QED) is 0.749. The van der Waals surface area contributed by atoms with E-state index in [1.54, 1.807) is 0 Å². The Kier molecular flexibility index (Phi) is 4.77. The molecule has 0 aliphatic heterocycles. The molecular weight excluding hydrogens is 218 g/mol. The molecule has 0 aliphatic rings. The minimum absolute atomic E-state index is 0.553. The van der Waals surface area contributed by atoms with Gasteiger partial charge in [0.25, 0.3) is 0 Å². The first-order valence-electron chi connectivity index (χ1n) is 7.00. The SMILES string of the molecule is CCCCNC(C)Cc1ccc2ccccc2c1. The monoisotopic (exact) mass is 241 g/mol. The van der Waals surface area contributed by atoms with Crippen LogP contribution in [-0.2, 0) is 6.42 Å².